The van der Waals surface area contributed by atoms with E-state index in [1.165, 1.54) is 12.1 Å². The van der Waals surface area contributed by atoms with E-state index in [1.807, 2.05) is 60.1 Å². The smallest absolute Gasteiger partial charge is 0.246 e. The molecule has 0 radical (unpaired) electrons. The van der Waals surface area contributed by atoms with Gasteiger partial charge in [-0.2, -0.15) is 4.98 Å². The minimum absolute atomic E-state index is 0.209. The molecule has 0 spiro atoms. The van der Waals surface area contributed by atoms with Gasteiger partial charge < -0.3 is 14.7 Å². The Morgan fingerprint density at radius 1 is 0.931 bits per heavy atom. The van der Waals surface area contributed by atoms with Crippen molar-refractivity contribution in [3.63, 3.8) is 0 Å². The number of anilines is 3. The van der Waals surface area contributed by atoms with Crippen LogP contribution in [-0.4, -0.2) is 55.0 Å². The predicted molar refractivity (Wildman–Crippen MR) is 116 cm³/mol. The molecule has 0 atom stereocenters. The Morgan fingerprint density at radius 3 is 2.17 bits per heavy atom. The molecule has 152 valence electrons. The average Bonchev–Trinajstić information content (AvgIpc) is 3.15. The van der Waals surface area contributed by atoms with Gasteiger partial charge in [-0.15, -0.1) is 5.10 Å². The molecule has 1 saturated heterocycles. The lowest BCUT2D eigenvalue weighted by Crippen LogP contribution is -2.47. The summed E-state index contributed by atoms with van der Waals surface area (Å²) >= 11 is 5.99. The molecule has 1 fully saturated rings. The highest BCUT2D eigenvalue weighted by molar-refractivity contribution is 6.30. The minimum Gasteiger partial charge on any atom is -0.368 e. The molecule has 2 aromatic carbocycles. The first-order valence-electron chi connectivity index (χ1n) is 9.62. The molecule has 1 aliphatic rings. The molecule has 0 unspecified atom stereocenters. The predicted octanol–water partition coefficient (Wildman–Crippen LogP) is 3.51. The van der Waals surface area contributed by atoms with E-state index in [1.54, 1.807) is 0 Å². The van der Waals surface area contributed by atoms with Crippen LogP contribution in [0.5, 0.6) is 0 Å². The molecule has 0 amide bonds. The van der Waals surface area contributed by atoms with Crippen molar-refractivity contribution in [3.8, 4) is 0 Å². The van der Waals surface area contributed by atoms with Crippen molar-refractivity contribution in [3.05, 3.63) is 64.9 Å². The number of benzene rings is 2. The SMILES string of the molecule is CN(C)c1nc(N2CCN(c3ccc(F)cc3)CC2)nn1Cc1ccc(Cl)cc1. The summed E-state index contributed by atoms with van der Waals surface area (Å²) < 4.78 is 15.1. The van der Waals surface area contributed by atoms with E-state index < -0.39 is 0 Å². The molecule has 0 bridgehead atoms. The fourth-order valence-electron chi connectivity index (χ4n) is 3.47. The minimum atomic E-state index is -0.209. The third-order valence-electron chi connectivity index (χ3n) is 5.04. The van der Waals surface area contributed by atoms with Crippen LogP contribution in [0.15, 0.2) is 48.5 Å². The summed E-state index contributed by atoms with van der Waals surface area (Å²) in [6, 6.07) is 14.4. The summed E-state index contributed by atoms with van der Waals surface area (Å²) in [5.41, 5.74) is 2.16. The van der Waals surface area contributed by atoms with Crippen LogP contribution >= 0.6 is 11.6 Å². The third-order valence-corrected chi connectivity index (χ3v) is 5.29. The van der Waals surface area contributed by atoms with Gasteiger partial charge in [0.2, 0.25) is 11.9 Å². The van der Waals surface area contributed by atoms with E-state index in [0.717, 1.165) is 54.3 Å². The Hall–Kier alpha value is -2.80. The van der Waals surface area contributed by atoms with Crippen LogP contribution in [0.25, 0.3) is 0 Å². The number of hydrogen-bond acceptors (Lipinski definition) is 5. The van der Waals surface area contributed by atoms with Gasteiger partial charge in [0.05, 0.1) is 6.54 Å². The molecular weight excluding hydrogens is 391 g/mol. The Bertz CT molecular complexity index is 946. The van der Waals surface area contributed by atoms with Gasteiger partial charge in [0.1, 0.15) is 5.82 Å². The number of piperazine rings is 1. The molecule has 0 saturated carbocycles. The lowest BCUT2D eigenvalue weighted by atomic mass is 10.2. The van der Waals surface area contributed by atoms with Crippen molar-refractivity contribution in [2.45, 2.75) is 6.54 Å². The van der Waals surface area contributed by atoms with Crippen molar-refractivity contribution >= 4 is 29.2 Å². The highest BCUT2D eigenvalue weighted by Crippen LogP contribution is 2.22. The van der Waals surface area contributed by atoms with Crippen LogP contribution in [-0.2, 0) is 6.54 Å². The third kappa shape index (κ3) is 4.45. The van der Waals surface area contributed by atoms with Gasteiger partial charge in [0.25, 0.3) is 0 Å². The second-order valence-corrected chi connectivity index (χ2v) is 7.78. The zero-order valence-corrected chi connectivity index (χ0v) is 17.3. The van der Waals surface area contributed by atoms with Crippen LogP contribution in [0.2, 0.25) is 5.02 Å². The maximum absolute atomic E-state index is 13.2. The van der Waals surface area contributed by atoms with Crippen LogP contribution in [0.1, 0.15) is 5.56 Å². The normalized spacial score (nSPS) is 14.3. The quantitative estimate of drug-likeness (QED) is 0.639. The molecule has 2 heterocycles. The van der Waals surface area contributed by atoms with Gasteiger partial charge in [-0.3, -0.25) is 0 Å². The Balaban J connectivity index is 1.47. The van der Waals surface area contributed by atoms with Gasteiger partial charge >= 0.3 is 0 Å². The van der Waals surface area contributed by atoms with Gasteiger partial charge in [-0.05, 0) is 42.0 Å². The standard InChI is InChI=1S/C21H24ClFN6/c1-26(2)21-24-20(25-29(21)15-16-3-5-17(22)6-4-16)28-13-11-27(12-14-28)19-9-7-18(23)8-10-19/h3-10H,11-15H2,1-2H3. The molecule has 4 rings (SSSR count). The van der Waals surface area contributed by atoms with Crippen molar-refractivity contribution in [1.29, 1.82) is 0 Å². The molecule has 8 heteroatoms. The molecule has 3 aromatic rings. The van der Waals surface area contributed by atoms with Crippen molar-refractivity contribution in [2.75, 3.05) is 55.0 Å². The monoisotopic (exact) mass is 414 g/mol. The lowest BCUT2D eigenvalue weighted by molar-refractivity contribution is 0.619. The number of halogens is 2. The summed E-state index contributed by atoms with van der Waals surface area (Å²) in [4.78, 5) is 11.2. The summed E-state index contributed by atoms with van der Waals surface area (Å²) in [6.07, 6.45) is 0. The van der Waals surface area contributed by atoms with Crippen LogP contribution in [0, 0.1) is 5.82 Å². The Labute approximate surface area is 175 Å². The second kappa shape index (κ2) is 8.29. The zero-order valence-electron chi connectivity index (χ0n) is 16.6. The second-order valence-electron chi connectivity index (χ2n) is 7.34. The lowest BCUT2D eigenvalue weighted by Gasteiger charge is -2.35. The van der Waals surface area contributed by atoms with Crippen LogP contribution < -0.4 is 14.7 Å². The topological polar surface area (TPSA) is 40.4 Å². The van der Waals surface area contributed by atoms with Crippen molar-refractivity contribution in [2.24, 2.45) is 0 Å². The Kier molecular flexibility index (Phi) is 5.58. The van der Waals surface area contributed by atoms with Gasteiger partial charge in [-0.1, -0.05) is 23.7 Å². The van der Waals surface area contributed by atoms with E-state index in [9.17, 15) is 4.39 Å². The fourth-order valence-corrected chi connectivity index (χ4v) is 3.60. The summed E-state index contributed by atoms with van der Waals surface area (Å²) in [5, 5.41) is 5.49. The largest absolute Gasteiger partial charge is 0.368 e. The average molecular weight is 415 g/mol. The summed E-state index contributed by atoms with van der Waals surface area (Å²) in [7, 11) is 3.94. The number of hydrogen-bond donors (Lipinski definition) is 0. The van der Waals surface area contributed by atoms with E-state index in [0.29, 0.717) is 6.54 Å². The number of rotatable bonds is 5. The van der Waals surface area contributed by atoms with Crippen molar-refractivity contribution in [1.82, 2.24) is 14.8 Å². The highest BCUT2D eigenvalue weighted by Gasteiger charge is 2.22. The van der Waals surface area contributed by atoms with Crippen molar-refractivity contribution < 1.29 is 4.39 Å². The van der Waals surface area contributed by atoms with Gasteiger partial charge in [0, 0.05) is 51.0 Å². The summed E-state index contributed by atoms with van der Waals surface area (Å²) in [6.45, 7) is 3.95. The first-order valence-corrected chi connectivity index (χ1v) is 9.99. The molecule has 29 heavy (non-hydrogen) atoms. The van der Waals surface area contributed by atoms with E-state index in [-0.39, 0.29) is 5.82 Å². The first kappa shape index (κ1) is 19.5. The molecule has 0 N–H and O–H groups in total. The van der Waals surface area contributed by atoms with E-state index in [4.69, 9.17) is 21.7 Å². The highest BCUT2D eigenvalue weighted by atomic mass is 35.5. The fraction of sp³-hybridized carbons (Fsp3) is 0.333. The maximum atomic E-state index is 13.2. The van der Waals surface area contributed by atoms with E-state index in [2.05, 4.69) is 9.80 Å². The molecule has 6 nitrogen and oxygen atoms in total. The number of aromatic nitrogens is 3. The molecular formula is C21H24ClFN6. The Morgan fingerprint density at radius 2 is 1.55 bits per heavy atom. The van der Waals surface area contributed by atoms with Crippen LogP contribution in [0.3, 0.4) is 0 Å². The van der Waals surface area contributed by atoms with Gasteiger partial charge in [-0.25, -0.2) is 9.07 Å². The van der Waals surface area contributed by atoms with E-state index >= 15 is 0 Å². The first-order chi connectivity index (χ1) is 14.0. The van der Waals surface area contributed by atoms with Crippen LogP contribution in [0.4, 0.5) is 22.0 Å². The maximum Gasteiger partial charge on any atom is 0.246 e. The van der Waals surface area contributed by atoms with Gasteiger partial charge in [0.15, 0.2) is 0 Å². The zero-order chi connectivity index (χ0) is 20.4. The molecule has 1 aliphatic heterocycles. The molecule has 0 aliphatic carbocycles. The number of nitrogens with zero attached hydrogens (tertiary/aromatic N) is 6. The molecule has 1 aromatic heterocycles. The summed E-state index contributed by atoms with van der Waals surface area (Å²) in [5.74, 6) is 1.34.